The van der Waals surface area contributed by atoms with Crippen LogP contribution in [0, 0.1) is 0 Å². The third-order valence-electron chi connectivity index (χ3n) is 4.05. The Morgan fingerprint density at radius 1 is 1.24 bits per heavy atom. The van der Waals surface area contributed by atoms with E-state index in [0.29, 0.717) is 17.4 Å². The van der Waals surface area contributed by atoms with Gasteiger partial charge in [-0.3, -0.25) is 0 Å². The van der Waals surface area contributed by atoms with Crippen LogP contribution in [0.5, 0.6) is 5.75 Å². The summed E-state index contributed by atoms with van der Waals surface area (Å²) in [6.07, 6.45) is -1.08. The lowest BCUT2D eigenvalue weighted by atomic mass is 10.0. The third kappa shape index (κ3) is 3.09. The van der Waals surface area contributed by atoms with Crippen molar-refractivity contribution >= 4 is 23.1 Å². The molecule has 0 aliphatic carbocycles. The second-order valence-corrected chi connectivity index (χ2v) is 6.15. The summed E-state index contributed by atoms with van der Waals surface area (Å²) < 4.78 is 32.8. The minimum Gasteiger partial charge on any atom is -0.493 e. The summed E-state index contributed by atoms with van der Waals surface area (Å²) in [5.41, 5.74) is 1.24. The molecule has 4 rings (SSSR count). The van der Waals surface area contributed by atoms with Crippen LogP contribution in [-0.4, -0.2) is 26.4 Å². The second-order valence-electron chi connectivity index (χ2n) is 5.72. The van der Waals surface area contributed by atoms with Gasteiger partial charge in [0, 0.05) is 10.6 Å². The number of rotatable bonds is 3. The Hall–Kier alpha value is -2.48. The molecule has 1 aromatic carbocycles. The summed E-state index contributed by atoms with van der Waals surface area (Å²) >= 11 is 6.04. The molecule has 1 N–H and O–H groups in total. The predicted molar refractivity (Wildman–Crippen MR) is 88.3 cm³/mol. The molecular weight excluding hydrogens is 352 g/mol. The zero-order chi connectivity index (χ0) is 17.4. The van der Waals surface area contributed by atoms with Crippen LogP contribution in [0.2, 0.25) is 5.02 Å². The molecule has 0 saturated heterocycles. The Morgan fingerprint density at radius 3 is 2.96 bits per heavy atom. The first-order valence-electron chi connectivity index (χ1n) is 7.81. The fourth-order valence-corrected chi connectivity index (χ4v) is 3.06. The molecule has 0 amide bonds. The van der Waals surface area contributed by atoms with Gasteiger partial charge in [0.25, 0.3) is 6.43 Å². The number of nitrogens with zero attached hydrogens (tertiary/aromatic N) is 4. The molecule has 0 saturated carbocycles. The fourth-order valence-electron chi connectivity index (χ4n) is 2.89. The first-order valence-corrected chi connectivity index (χ1v) is 8.19. The van der Waals surface area contributed by atoms with Gasteiger partial charge < -0.3 is 10.1 Å². The molecule has 1 aliphatic heterocycles. The highest BCUT2D eigenvalue weighted by atomic mass is 35.5. The van der Waals surface area contributed by atoms with Gasteiger partial charge in [0.15, 0.2) is 5.65 Å². The average molecular weight is 366 g/mol. The second kappa shape index (κ2) is 6.44. The summed E-state index contributed by atoms with van der Waals surface area (Å²) in [6.45, 7) is 0.596. The summed E-state index contributed by atoms with van der Waals surface area (Å²) in [7, 11) is 0. The zero-order valence-corrected chi connectivity index (χ0v) is 13.7. The maximum absolute atomic E-state index is 13.0. The molecule has 2 aromatic heterocycles. The number of fused-ring (bicyclic) bond motifs is 2. The summed E-state index contributed by atoms with van der Waals surface area (Å²) in [5.74, 6) is 0.707. The van der Waals surface area contributed by atoms with Crippen LogP contribution in [0.4, 0.5) is 14.6 Å². The van der Waals surface area contributed by atoms with Crippen LogP contribution < -0.4 is 10.1 Å². The lowest BCUT2D eigenvalue weighted by molar-refractivity contribution is 0.137. The highest BCUT2D eigenvalue weighted by Crippen LogP contribution is 2.35. The summed E-state index contributed by atoms with van der Waals surface area (Å²) in [4.78, 5) is 0. The largest absolute Gasteiger partial charge is 0.493 e. The molecule has 6 nitrogen and oxygen atoms in total. The van der Waals surface area contributed by atoms with Crippen LogP contribution in [0.3, 0.4) is 0 Å². The Labute approximate surface area is 146 Å². The van der Waals surface area contributed by atoms with E-state index >= 15 is 0 Å². The monoisotopic (exact) mass is 365 g/mol. The topological polar surface area (TPSA) is 64.3 Å². The number of benzene rings is 1. The van der Waals surface area contributed by atoms with Crippen molar-refractivity contribution in [1.29, 1.82) is 0 Å². The molecule has 9 heteroatoms. The van der Waals surface area contributed by atoms with Gasteiger partial charge in [0.05, 0.1) is 12.6 Å². The van der Waals surface area contributed by atoms with Crippen LogP contribution in [0.25, 0.3) is 5.65 Å². The molecule has 3 aromatic rings. The fraction of sp³-hybridized carbons (Fsp3) is 0.312. The van der Waals surface area contributed by atoms with Crippen LogP contribution in [0.1, 0.15) is 36.7 Å². The molecule has 25 heavy (non-hydrogen) atoms. The van der Waals surface area contributed by atoms with Crippen molar-refractivity contribution in [3.63, 3.8) is 0 Å². The van der Waals surface area contributed by atoms with E-state index in [0.717, 1.165) is 28.7 Å². The van der Waals surface area contributed by atoms with Crippen molar-refractivity contribution in [3.05, 3.63) is 46.7 Å². The maximum Gasteiger partial charge on any atom is 0.299 e. The van der Waals surface area contributed by atoms with Gasteiger partial charge in [-0.2, -0.15) is 4.52 Å². The SMILES string of the molecule is FC(F)c1nnc2ccc(NC3CCCOc4cc(Cl)ccc43)nn12. The van der Waals surface area contributed by atoms with E-state index in [4.69, 9.17) is 16.3 Å². The van der Waals surface area contributed by atoms with Gasteiger partial charge in [0.1, 0.15) is 11.6 Å². The van der Waals surface area contributed by atoms with Crippen molar-refractivity contribution in [2.45, 2.75) is 25.3 Å². The van der Waals surface area contributed by atoms with Gasteiger partial charge in [-0.15, -0.1) is 15.3 Å². The van der Waals surface area contributed by atoms with E-state index in [1.165, 1.54) is 0 Å². The molecular formula is C16H14ClF2N5O. The predicted octanol–water partition coefficient (Wildman–Crippen LogP) is 4.04. The molecule has 0 spiro atoms. The van der Waals surface area contributed by atoms with E-state index in [9.17, 15) is 8.78 Å². The van der Waals surface area contributed by atoms with E-state index in [1.807, 2.05) is 6.07 Å². The number of aromatic nitrogens is 4. The van der Waals surface area contributed by atoms with Gasteiger partial charge in [-0.25, -0.2) is 8.78 Å². The van der Waals surface area contributed by atoms with E-state index in [1.54, 1.807) is 24.3 Å². The minimum absolute atomic E-state index is 0.0637. The Balaban J connectivity index is 1.68. The van der Waals surface area contributed by atoms with Crippen LogP contribution in [-0.2, 0) is 0 Å². The van der Waals surface area contributed by atoms with Crippen molar-refractivity contribution < 1.29 is 13.5 Å². The molecule has 0 fully saturated rings. The molecule has 1 atom stereocenters. The van der Waals surface area contributed by atoms with Crippen molar-refractivity contribution in [1.82, 2.24) is 19.8 Å². The third-order valence-corrected chi connectivity index (χ3v) is 4.29. The number of hydrogen-bond acceptors (Lipinski definition) is 5. The lowest BCUT2D eigenvalue weighted by Crippen LogP contribution is -2.13. The number of nitrogens with one attached hydrogen (secondary N) is 1. The molecule has 0 radical (unpaired) electrons. The normalized spacial score (nSPS) is 17.2. The zero-order valence-electron chi connectivity index (χ0n) is 13.0. The van der Waals surface area contributed by atoms with Gasteiger partial charge in [0.2, 0.25) is 5.82 Å². The molecule has 1 unspecified atom stereocenters. The smallest absolute Gasteiger partial charge is 0.299 e. The van der Waals surface area contributed by atoms with Crippen molar-refractivity contribution in [2.24, 2.45) is 0 Å². The summed E-state index contributed by atoms with van der Waals surface area (Å²) in [5, 5.41) is 15.3. The highest BCUT2D eigenvalue weighted by Gasteiger charge is 2.22. The average Bonchev–Trinajstić information content (AvgIpc) is 2.91. The van der Waals surface area contributed by atoms with Gasteiger partial charge in [-0.05, 0) is 37.1 Å². The number of hydrogen-bond donors (Lipinski definition) is 1. The molecule has 3 heterocycles. The van der Waals surface area contributed by atoms with Crippen LogP contribution in [0.15, 0.2) is 30.3 Å². The van der Waals surface area contributed by atoms with Crippen LogP contribution >= 0.6 is 11.6 Å². The highest BCUT2D eigenvalue weighted by molar-refractivity contribution is 6.30. The quantitative estimate of drug-likeness (QED) is 0.758. The number of anilines is 1. The van der Waals surface area contributed by atoms with Gasteiger partial charge >= 0.3 is 0 Å². The molecule has 130 valence electrons. The van der Waals surface area contributed by atoms with E-state index in [-0.39, 0.29) is 11.7 Å². The Morgan fingerprint density at radius 2 is 2.12 bits per heavy atom. The Bertz CT molecular complexity index is 917. The number of alkyl halides is 2. The van der Waals surface area contributed by atoms with E-state index < -0.39 is 12.2 Å². The number of ether oxygens (including phenoxy) is 1. The lowest BCUT2D eigenvalue weighted by Gasteiger charge is -2.19. The van der Waals surface area contributed by atoms with Crippen molar-refractivity contribution in [2.75, 3.05) is 11.9 Å². The molecule has 0 bridgehead atoms. The van der Waals surface area contributed by atoms with Crippen molar-refractivity contribution in [3.8, 4) is 5.75 Å². The van der Waals surface area contributed by atoms with E-state index in [2.05, 4.69) is 20.6 Å². The summed E-state index contributed by atoms with van der Waals surface area (Å²) in [6, 6.07) is 8.72. The first kappa shape index (κ1) is 16.0. The molecule has 1 aliphatic rings. The Kier molecular flexibility index (Phi) is 4.12. The van der Waals surface area contributed by atoms with Gasteiger partial charge in [-0.1, -0.05) is 17.7 Å². The standard InChI is InChI=1S/C16H14ClF2N5O/c17-9-3-4-10-11(2-1-7-25-12(10)8-9)20-13-5-6-14-21-22-16(15(18)19)24(14)23-13/h3-6,8,11,15H,1-2,7H2,(H,20,23). The first-order chi connectivity index (χ1) is 12.1. The minimum atomic E-state index is -2.74. The number of halogens is 3. The maximum atomic E-state index is 13.0.